The molecule has 0 fully saturated rings. The lowest BCUT2D eigenvalue weighted by Crippen LogP contribution is -1.94. The van der Waals surface area contributed by atoms with E-state index in [0.717, 1.165) is 32.3 Å². The topological polar surface area (TPSA) is 33.6 Å². The molecular weight excluding hydrogens is 326 g/mol. The van der Waals surface area contributed by atoms with E-state index in [1.165, 1.54) is 0 Å². The molecule has 0 amide bonds. The van der Waals surface area contributed by atoms with Crippen LogP contribution in [0.2, 0.25) is 0 Å². The van der Waals surface area contributed by atoms with Gasteiger partial charge in [-0.05, 0) is 42.0 Å². The van der Waals surface area contributed by atoms with Gasteiger partial charge in [0.2, 0.25) is 0 Å². The van der Waals surface area contributed by atoms with Gasteiger partial charge in [0, 0.05) is 27.8 Å². The Bertz CT molecular complexity index is 903. The van der Waals surface area contributed by atoms with Crippen LogP contribution in [0.1, 0.15) is 0 Å². The van der Waals surface area contributed by atoms with Gasteiger partial charge in [-0.15, -0.1) is 0 Å². The first-order valence-electron chi connectivity index (χ1n) is 6.59. The summed E-state index contributed by atoms with van der Waals surface area (Å²) in [5, 5.41) is 8.19. The lowest BCUT2D eigenvalue weighted by atomic mass is 10.1. The minimum absolute atomic E-state index is 1.03. The van der Waals surface area contributed by atoms with E-state index in [0.29, 0.717) is 0 Å². The van der Waals surface area contributed by atoms with E-state index in [-0.39, 0.29) is 0 Å². The van der Waals surface area contributed by atoms with Crippen LogP contribution in [0.3, 0.4) is 0 Å². The van der Waals surface area contributed by atoms with Gasteiger partial charge in [0.1, 0.15) is 0 Å². The third-order valence-electron chi connectivity index (χ3n) is 3.53. The molecule has 2 aromatic carbocycles. The van der Waals surface area contributed by atoms with Crippen LogP contribution in [0.5, 0.6) is 0 Å². The van der Waals surface area contributed by atoms with Crippen LogP contribution in [0.4, 0.5) is 0 Å². The van der Waals surface area contributed by atoms with Crippen LogP contribution in [-0.4, -0.2) is 14.8 Å². The first kappa shape index (κ1) is 12.4. The Morgan fingerprint density at radius 1 is 1.10 bits per heavy atom. The van der Waals surface area contributed by atoms with Gasteiger partial charge in [-0.3, -0.25) is 5.10 Å². The smallest absolute Gasteiger partial charge is 0.0671 e. The summed E-state index contributed by atoms with van der Waals surface area (Å²) < 4.78 is 3.20. The number of nitrogens with one attached hydrogen (secondary N) is 1. The van der Waals surface area contributed by atoms with E-state index in [1.807, 2.05) is 30.6 Å². The zero-order valence-corrected chi connectivity index (χ0v) is 12.6. The molecule has 0 atom stereocenters. The summed E-state index contributed by atoms with van der Waals surface area (Å²) in [5.41, 5.74) is 4.39. The first-order chi connectivity index (χ1) is 10.3. The molecule has 0 bridgehead atoms. The number of hydrogen-bond acceptors (Lipinski definition) is 1. The second-order valence-corrected chi connectivity index (χ2v) is 5.76. The molecule has 2 aromatic heterocycles. The van der Waals surface area contributed by atoms with Crippen molar-refractivity contribution in [1.29, 1.82) is 0 Å². The standard InChI is InChI=1S/C17H11BrN3/c18-14-6-3-12(4-7-14)17-2-1-9-21(17)15-8-5-13-11-19-20-16(13)10-15/h2-11H,(H,19,20). The molecule has 2 heterocycles. The van der Waals surface area contributed by atoms with Crippen molar-refractivity contribution in [3.8, 4) is 16.9 Å². The van der Waals surface area contributed by atoms with Gasteiger partial charge >= 0.3 is 0 Å². The molecule has 101 valence electrons. The number of benzene rings is 2. The summed E-state index contributed by atoms with van der Waals surface area (Å²) in [6, 6.07) is 19.7. The number of halogens is 1. The maximum Gasteiger partial charge on any atom is 0.0671 e. The molecule has 0 aliphatic carbocycles. The molecule has 0 saturated heterocycles. The molecule has 0 saturated carbocycles. The molecule has 4 rings (SSSR count). The van der Waals surface area contributed by atoms with Crippen molar-refractivity contribution in [2.75, 3.05) is 0 Å². The van der Waals surface area contributed by atoms with Crippen molar-refractivity contribution >= 4 is 26.8 Å². The predicted octanol–water partition coefficient (Wildman–Crippen LogP) is 4.58. The van der Waals surface area contributed by atoms with Gasteiger partial charge in [-0.1, -0.05) is 28.1 Å². The number of hydrogen-bond donors (Lipinski definition) is 1. The van der Waals surface area contributed by atoms with Gasteiger partial charge < -0.3 is 4.57 Å². The number of aromatic amines is 1. The van der Waals surface area contributed by atoms with Gasteiger partial charge in [0.15, 0.2) is 0 Å². The van der Waals surface area contributed by atoms with Crippen LogP contribution >= 0.6 is 15.9 Å². The number of rotatable bonds is 2. The lowest BCUT2D eigenvalue weighted by molar-refractivity contribution is 1.08. The van der Waals surface area contributed by atoms with Crippen molar-refractivity contribution in [3.63, 3.8) is 0 Å². The van der Waals surface area contributed by atoms with Gasteiger partial charge in [-0.2, -0.15) is 5.10 Å². The Hall–Kier alpha value is -2.33. The van der Waals surface area contributed by atoms with Crippen LogP contribution < -0.4 is 0 Å². The summed E-state index contributed by atoms with van der Waals surface area (Å²) in [6.45, 7) is 0. The van der Waals surface area contributed by atoms with Crippen molar-refractivity contribution in [3.05, 3.63) is 71.5 Å². The molecule has 4 heteroatoms. The molecular formula is C17H11BrN3. The van der Waals surface area contributed by atoms with Crippen molar-refractivity contribution in [2.24, 2.45) is 0 Å². The van der Waals surface area contributed by atoms with Crippen molar-refractivity contribution < 1.29 is 0 Å². The van der Waals surface area contributed by atoms with Crippen LogP contribution in [0.25, 0.3) is 27.8 Å². The highest BCUT2D eigenvalue weighted by Crippen LogP contribution is 2.26. The molecule has 3 nitrogen and oxygen atoms in total. The highest BCUT2D eigenvalue weighted by Gasteiger charge is 2.07. The number of H-pyrrole nitrogens is 1. The van der Waals surface area contributed by atoms with E-state index in [2.05, 4.69) is 67.1 Å². The minimum atomic E-state index is 1.03. The van der Waals surface area contributed by atoms with Crippen LogP contribution in [0.15, 0.2) is 65.4 Å². The van der Waals surface area contributed by atoms with Gasteiger partial charge in [0.25, 0.3) is 0 Å². The van der Waals surface area contributed by atoms with Crippen LogP contribution in [0, 0.1) is 6.07 Å². The summed E-state index contributed by atoms with van der Waals surface area (Å²) in [4.78, 5) is 0. The Morgan fingerprint density at radius 3 is 2.81 bits per heavy atom. The molecule has 0 unspecified atom stereocenters. The molecule has 4 aromatic rings. The highest BCUT2D eigenvalue weighted by molar-refractivity contribution is 9.10. The molecule has 0 aliphatic heterocycles. The number of nitrogens with zero attached hydrogens (tertiary/aromatic N) is 2. The molecule has 21 heavy (non-hydrogen) atoms. The zero-order valence-electron chi connectivity index (χ0n) is 11.0. The monoisotopic (exact) mass is 336 g/mol. The summed E-state index contributed by atoms with van der Waals surface area (Å²) >= 11 is 3.47. The number of aromatic nitrogens is 3. The fraction of sp³-hybridized carbons (Fsp3) is 0. The summed E-state index contributed by atoms with van der Waals surface area (Å²) in [5.74, 6) is 0. The Kier molecular flexibility index (Phi) is 2.89. The highest BCUT2D eigenvalue weighted by atomic mass is 79.9. The van der Waals surface area contributed by atoms with Crippen LogP contribution in [-0.2, 0) is 0 Å². The second kappa shape index (κ2) is 4.90. The quantitative estimate of drug-likeness (QED) is 0.571. The van der Waals surface area contributed by atoms with E-state index in [4.69, 9.17) is 0 Å². The molecule has 0 spiro atoms. The van der Waals surface area contributed by atoms with E-state index < -0.39 is 0 Å². The maximum atomic E-state index is 4.07. The molecule has 0 aliphatic rings. The third-order valence-corrected chi connectivity index (χ3v) is 4.06. The normalized spacial score (nSPS) is 11.1. The zero-order chi connectivity index (χ0) is 14.2. The molecule has 1 N–H and O–H groups in total. The average molecular weight is 337 g/mol. The first-order valence-corrected chi connectivity index (χ1v) is 7.38. The van der Waals surface area contributed by atoms with Gasteiger partial charge in [0.05, 0.1) is 17.4 Å². The Labute approximate surface area is 130 Å². The van der Waals surface area contributed by atoms with Gasteiger partial charge in [-0.25, -0.2) is 0 Å². The van der Waals surface area contributed by atoms with E-state index in [1.54, 1.807) is 0 Å². The summed E-state index contributed by atoms with van der Waals surface area (Å²) in [7, 11) is 0. The SMILES string of the molecule is Brc1ccc(-c2c[c]cn2-c2ccc3cn[nH]c3c2)cc1. The van der Waals surface area contributed by atoms with Crippen molar-refractivity contribution in [1.82, 2.24) is 14.8 Å². The second-order valence-electron chi connectivity index (χ2n) is 4.84. The lowest BCUT2D eigenvalue weighted by Gasteiger charge is -2.10. The van der Waals surface area contributed by atoms with Crippen molar-refractivity contribution in [2.45, 2.75) is 0 Å². The number of fused-ring (bicyclic) bond motifs is 1. The minimum Gasteiger partial charge on any atom is -0.316 e. The Balaban J connectivity index is 1.85. The summed E-state index contributed by atoms with van der Waals surface area (Å²) in [6.07, 6.45) is 3.78. The largest absolute Gasteiger partial charge is 0.316 e. The fourth-order valence-corrected chi connectivity index (χ4v) is 2.73. The third kappa shape index (κ3) is 2.17. The maximum absolute atomic E-state index is 4.07. The Morgan fingerprint density at radius 2 is 1.95 bits per heavy atom. The average Bonchev–Trinajstić information content (AvgIpc) is 3.16. The predicted molar refractivity (Wildman–Crippen MR) is 87.4 cm³/mol. The molecule has 1 radical (unpaired) electrons. The van der Waals surface area contributed by atoms with E-state index in [9.17, 15) is 0 Å². The fourth-order valence-electron chi connectivity index (χ4n) is 2.46. The van der Waals surface area contributed by atoms with E-state index >= 15 is 0 Å².